The second-order valence-corrected chi connectivity index (χ2v) is 10.4. The average Bonchev–Trinajstić information content (AvgIpc) is 2.95. The largest absolute Gasteiger partial charge is 0.519 e. The Kier molecular flexibility index (Phi) is 7.48. The Morgan fingerprint density at radius 3 is 1.77 bits per heavy atom. The molecule has 8 nitrogen and oxygen atoms in total. The van der Waals surface area contributed by atoms with E-state index in [-0.39, 0.29) is 22.1 Å². The van der Waals surface area contributed by atoms with E-state index in [4.69, 9.17) is 14.2 Å². The van der Waals surface area contributed by atoms with Crippen molar-refractivity contribution < 1.29 is 32.2 Å². The van der Waals surface area contributed by atoms with Gasteiger partial charge in [-0.1, -0.05) is 78.4 Å². The summed E-state index contributed by atoms with van der Waals surface area (Å²) in [5.74, 6) is 0.585. The summed E-state index contributed by atoms with van der Waals surface area (Å²) in [6.45, 7) is 1.83. The lowest BCUT2D eigenvalue weighted by Gasteiger charge is -2.24. The minimum atomic E-state index is -4.43. The molecule has 0 fully saturated rings. The van der Waals surface area contributed by atoms with Crippen LogP contribution in [0.4, 0.5) is 15.3 Å². The maximum atomic E-state index is 13.9. The maximum Gasteiger partial charge on any atom is 0.519 e. The fourth-order valence-electron chi connectivity index (χ4n) is 3.99. The summed E-state index contributed by atoms with van der Waals surface area (Å²) in [4.78, 5) is 25.9. The first-order valence-electron chi connectivity index (χ1n) is 12.2. The first-order valence-corrected chi connectivity index (χ1v) is 13.6. The van der Waals surface area contributed by atoms with Gasteiger partial charge >= 0.3 is 12.2 Å². The molecule has 0 heterocycles. The zero-order valence-corrected chi connectivity index (χ0v) is 22.1. The van der Waals surface area contributed by atoms with Crippen LogP contribution in [0, 0.1) is 6.92 Å². The van der Waals surface area contributed by atoms with Crippen molar-refractivity contribution in [1.29, 1.82) is 0 Å². The van der Waals surface area contributed by atoms with Gasteiger partial charge in [-0.05, 0) is 55.5 Å². The number of aryl methyl sites for hydroxylation is 1. The summed E-state index contributed by atoms with van der Waals surface area (Å²) in [6, 6.07) is 32.1. The fraction of sp³-hybridized carbons (Fsp3) is 0.0323. The molecule has 5 aromatic carbocycles. The Bertz CT molecular complexity index is 1770. The lowest BCUT2D eigenvalue weighted by molar-refractivity contribution is 0.152. The highest BCUT2D eigenvalue weighted by Gasteiger charge is 2.34. The van der Waals surface area contributed by atoms with Gasteiger partial charge in [0.2, 0.25) is 0 Å². The van der Waals surface area contributed by atoms with Crippen molar-refractivity contribution in [2.45, 2.75) is 11.8 Å². The molecule has 0 bridgehead atoms. The molecule has 0 saturated heterocycles. The van der Waals surface area contributed by atoms with Crippen LogP contribution in [0.5, 0.6) is 17.2 Å². The van der Waals surface area contributed by atoms with Crippen molar-refractivity contribution >= 4 is 38.7 Å². The molecule has 0 atom stereocenters. The van der Waals surface area contributed by atoms with Gasteiger partial charge < -0.3 is 14.2 Å². The predicted molar refractivity (Wildman–Crippen MR) is 150 cm³/mol. The molecule has 1 amide bonds. The molecule has 5 aromatic rings. The van der Waals surface area contributed by atoms with Crippen LogP contribution < -0.4 is 18.5 Å². The van der Waals surface area contributed by atoms with E-state index < -0.39 is 22.3 Å². The van der Waals surface area contributed by atoms with E-state index in [0.29, 0.717) is 20.8 Å². The second kappa shape index (κ2) is 11.3. The molecule has 0 aliphatic carbocycles. The Labute approximate surface area is 231 Å². The summed E-state index contributed by atoms with van der Waals surface area (Å²) in [5.41, 5.74) is 0.868. The molecule has 0 unspecified atom stereocenters. The average molecular weight is 554 g/mol. The molecule has 0 N–H and O–H groups in total. The van der Waals surface area contributed by atoms with Crippen LogP contribution in [-0.4, -0.2) is 20.7 Å². The molecule has 0 aliphatic heterocycles. The minimum Gasteiger partial charge on any atom is -0.409 e. The normalized spacial score (nSPS) is 11.0. The third-order valence-corrected chi connectivity index (χ3v) is 7.59. The Morgan fingerprint density at radius 2 is 1.15 bits per heavy atom. The quantitative estimate of drug-likeness (QED) is 0.163. The number of sulfonamides is 1. The smallest absolute Gasteiger partial charge is 0.409 e. The number of fused-ring (bicyclic) bond motifs is 1. The summed E-state index contributed by atoms with van der Waals surface area (Å²) in [5, 5.41) is 0.704. The van der Waals surface area contributed by atoms with E-state index in [0.717, 1.165) is 5.56 Å². The first kappa shape index (κ1) is 26.5. The van der Waals surface area contributed by atoms with Crippen LogP contribution in [0.1, 0.15) is 5.56 Å². The molecular weight excluding hydrogens is 530 g/mol. The molecule has 9 heteroatoms. The molecule has 40 heavy (non-hydrogen) atoms. The van der Waals surface area contributed by atoms with Crippen LogP contribution >= 0.6 is 0 Å². The highest BCUT2D eigenvalue weighted by atomic mass is 32.2. The number of hydrogen-bond acceptors (Lipinski definition) is 7. The lowest BCUT2D eigenvalue weighted by atomic mass is 10.1. The van der Waals surface area contributed by atoms with Crippen LogP contribution in [0.3, 0.4) is 0 Å². The number of benzene rings is 5. The van der Waals surface area contributed by atoms with Gasteiger partial charge in [0.05, 0.1) is 10.6 Å². The molecule has 200 valence electrons. The van der Waals surface area contributed by atoms with Gasteiger partial charge in [-0.3, -0.25) is 0 Å². The minimum absolute atomic E-state index is 0.0147. The zero-order valence-electron chi connectivity index (χ0n) is 21.3. The van der Waals surface area contributed by atoms with Crippen molar-refractivity contribution in [1.82, 2.24) is 0 Å². The summed E-state index contributed by atoms with van der Waals surface area (Å²) < 4.78 is 44.6. The molecule has 0 saturated carbocycles. The Balaban J connectivity index is 1.58. The third kappa shape index (κ3) is 5.64. The second-order valence-electron chi connectivity index (χ2n) is 8.66. The van der Waals surface area contributed by atoms with Crippen molar-refractivity contribution in [3.63, 3.8) is 0 Å². The first-order chi connectivity index (χ1) is 19.3. The van der Waals surface area contributed by atoms with Crippen LogP contribution in [0.25, 0.3) is 10.8 Å². The van der Waals surface area contributed by atoms with Gasteiger partial charge in [0.25, 0.3) is 10.0 Å². The van der Waals surface area contributed by atoms with Crippen LogP contribution in [0.2, 0.25) is 0 Å². The van der Waals surface area contributed by atoms with Gasteiger partial charge in [0, 0.05) is 10.8 Å². The summed E-state index contributed by atoms with van der Waals surface area (Å²) >= 11 is 0. The van der Waals surface area contributed by atoms with Crippen molar-refractivity contribution in [2.24, 2.45) is 0 Å². The molecule has 0 aliphatic rings. The number of para-hydroxylation sites is 2. The van der Waals surface area contributed by atoms with Crippen molar-refractivity contribution in [2.75, 3.05) is 4.31 Å². The van der Waals surface area contributed by atoms with Gasteiger partial charge in [0.1, 0.15) is 17.2 Å². The number of nitrogens with zero attached hydrogens (tertiary/aromatic N) is 1. The monoisotopic (exact) mass is 553 g/mol. The van der Waals surface area contributed by atoms with Crippen LogP contribution in [-0.2, 0) is 10.0 Å². The predicted octanol–water partition coefficient (Wildman–Crippen LogP) is 7.12. The summed E-state index contributed by atoms with van der Waals surface area (Å²) in [6.07, 6.45) is -2.11. The van der Waals surface area contributed by atoms with Gasteiger partial charge in [-0.25, -0.2) is 18.0 Å². The highest BCUT2D eigenvalue weighted by molar-refractivity contribution is 7.93. The van der Waals surface area contributed by atoms with E-state index >= 15 is 0 Å². The number of hydrogen-bond donors (Lipinski definition) is 0. The number of carbonyl (C=O) groups is 2. The van der Waals surface area contributed by atoms with Crippen molar-refractivity contribution in [3.05, 3.63) is 127 Å². The molecule has 0 spiro atoms. The highest BCUT2D eigenvalue weighted by Crippen LogP contribution is 2.37. The zero-order chi connectivity index (χ0) is 28.1. The summed E-state index contributed by atoms with van der Waals surface area (Å²) in [7, 11) is -4.43. The SMILES string of the molecule is Cc1ccc(S(=O)(=O)N(C(=O)Oc2ccccc2)c2ccc(OC(=O)Oc3ccccc3)c3ccccc23)cc1. The van der Waals surface area contributed by atoms with E-state index in [1.165, 1.54) is 24.3 Å². The van der Waals surface area contributed by atoms with Gasteiger partial charge in [-0.2, -0.15) is 4.31 Å². The standard InChI is InChI=1S/C31H23NO7S/c1-22-16-18-25(19-17-22)40(35,36)32(30(33)37-23-10-4-2-5-11-23)28-20-21-29(27-15-9-8-14-26(27)28)39-31(34)38-24-12-6-3-7-13-24/h2-21H,1H3. The van der Waals surface area contributed by atoms with E-state index in [1.807, 2.05) is 6.92 Å². The molecule has 5 rings (SSSR count). The number of rotatable bonds is 6. The maximum absolute atomic E-state index is 13.9. The van der Waals surface area contributed by atoms with E-state index in [9.17, 15) is 18.0 Å². The van der Waals surface area contributed by atoms with E-state index in [1.54, 1.807) is 97.1 Å². The molecule has 0 aromatic heterocycles. The third-order valence-electron chi connectivity index (χ3n) is 5.89. The number of anilines is 1. The number of amides is 1. The van der Waals surface area contributed by atoms with Crippen LogP contribution in [0.15, 0.2) is 126 Å². The Morgan fingerprint density at radius 1 is 0.600 bits per heavy atom. The number of ether oxygens (including phenoxy) is 3. The molecular formula is C31H23NO7S. The lowest BCUT2D eigenvalue weighted by Crippen LogP contribution is -2.39. The van der Waals surface area contributed by atoms with E-state index in [2.05, 4.69) is 0 Å². The fourth-order valence-corrected chi connectivity index (χ4v) is 5.33. The topological polar surface area (TPSA) is 99.2 Å². The Hall–Kier alpha value is -5.15. The number of carbonyl (C=O) groups excluding carboxylic acids is 2. The van der Waals surface area contributed by atoms with Gasteiger partial charge in [-0.15, -0.1) is 0 Å². The van der Waals surface area contributed by atoms with Crippen molar-refractivity contribution in [3.8, 4) is 17.2 Å². The van der Waals surface area contributed by atoms with Gasteiger partial charge in [0.15, 0.2) is 0 Å². The molecule has 0 radical (unpaired) electrons.